The highest BCUT2D eigenvalue weighted by atomic mass is 16.5. The molecule has 0 fully saturated rings. The van der Waals surface area contributed by atoms with Crippen molar-refractivity contribution in [3.05, 3.63) is 59.1 Å². The summed E-state index contributed by atoms with van der Waals surface area (Å²) in [5, 5.41) is 9.58. The third kappa shape index (κ3) is 3.57. The van der Waals surface area contributed by atoms with Crippen molar-refractivity contribution in [1.82, 2.24) is 15.1 Å². The zero-order valence-electron chi connectivity index (χ0n) is 13.6. The molecule has 0 radical (unpaired) electrons. The van der Waals surface area contributed by atoms with Crippen molar-refractivity contribution in [2.45, 2.75) is 20.8 Å². The highest BCUT2D eigenvalue weighted by Crippen LogP contribution is 2.18. The third-order valence-corrected chi connectivity index (χ3v) is 3.40. The first-order valence-corrected chi connectivity index (χ1v) is 7.43. The molecule has 0 aliphatic heterocycles. The van der Waals surface area contributed by atoms with Crippen molar-refractivity contribution in [3.8, 4) is 0 Å². The molecule has 3 aromatic rings. The number of amides is 1. The van der Waals surface area contributed by atoms with Gasteiger partial charge < -0.3 is 15.2 Å². The maximum Gasteiger partial charge on any atom is 0.274 e. The zero-order valence-corrected chi connectivity index (χ0v) is 13.6. The van der Waals surface area contributed by atoms with Gasteiger partial charge in [0.1, 0.15) is 11.5 Å². The smallest absolute Gasteiger partial charge is 0.274 e. The Kier molecular flexibility index (Phi) is 4.24. The number of anilines is 3. The first-order chi connectivity index (χ1) is 11.5. The molecular formula is C17H17N5O2. The standard InChI is InChI=1S/C17H17N5O2/c1-10-4-5-11(2)14(8-10)19-16(23)13-6-7-18-17(20-13)21-15-9-12(3)24-22-15/h4-9H,1-3H3,(H,19,23)(H,18,20,21,22). The molecule has 0 atom stereocenters. The molecule has 0 unspecified atom stereocenters. The van der Waals surface area contributed by atoms with Crippen LogP contribution in [0.1, 0.15) is 27.4 Å². The molecule has 2 N–H and O–H groups in total. The summed E-state index contributed by atoms with van der Waals surface area (Å²) in [4.78, 5) is 20.7. The van der Waals surface area contributed by atoms with Crippen LogP contribution in [0.5, 0.6) is 0 Å². The van der Waals surface area contributed by atoms with Gasteiger partial charge in [-0.25, -0.2) is 9.97 Å². The second-order valence-corrected chi connectivity index (χ2v) is 5.49. The number of benzene rings is 1. The molecule has 0 aliphatic rings. The quantitative estimate of drug-likeness (QED) is 0.764. The number of nitrogens with one attached hydrogen (secondary N) is 2. The van der Waals surface area contributed by atoms with E-state index >= 15 is 0 Å². The van der Waals surface area contributed by atoms with Gasteiger partial charge in [0.25, 0.3) is 5.91 Å². The van der Waals surface area contributed by atoms with Gasteiger partial charge in [-0.05, 0) is 44.0 Å². The summed E-state index contributed by atoms with van der Waals surface area (Å²) in [5.41, 5.74) is 3.08. The summed E-state index contributed by atoms with van der Waals surface area (Å²) in [6.45, 7) is 5.70. The molecule has 0 spiro atoms. The molecule has 0 bridgehead atoms. The molecule has 7 heteroatoms. The molecule has 1 aromatic carbocycles. The number of rotatable bonds is 4. The molecule has 0 aliphatic carbocycles. The number of hydrogen-bond acceptors (Lipinski definition) is 6. The molecular weight excluding hydrogens is 306 g/mol. The Morgan fingerprint density at radius 2 is 1.96 bits per heavy atom. The van der Waals surface area contributed by atoms with Crippen LogP contribution < -0.4 is 10.6 Å². The van der Waals surface area contributed by atoms with Crippen molar-refractivity contribution in [3.63, 3.8) is 0 Å². The third-order valence-electron chi connectivity index (χ3n) is 3.40. The van der Waals surface area contributed by atoms with Crippen LogP contribution in [0.3, 0.4) is 0 Å². The minimum absolute atomic E-state index is 0.258. The van der Waals surface area contributed by atoms with E-state index in [4.69, 9.17) is 4.52 Å². The number of carbonyl (C=O) groups is 1. The molecule has 0 saturated heterocycles. The number of hydrogen-bond donors (Lipinski definition) is 2. The van der Waals surface area contributed by atoms with Crippen molar-refractivity contribution in [2.24, 2.45) is 0 Å². The lowest BCUT2D eigenvalue weighted by atomic mass is 10.1. The lowest BCUT2D eigenvalue weighted by molar-refractivity contribution is 0.102. The molecule has 122 valence electrons. The molecule has 24 heavy (non-hydrogen) atoms. The van der Waals surface area contributed by atoms with E-state index in [2.05, 4.69) is 25.8 Å². The number of aromatic nitrogens is 3. The molecule has 2 heterocycles. The Morgan fingerprint density at radius 3 is 2.71 bits per heavy atom. The van der Waals surface area contributed by atoms with E-state index in [9.17, 15) is 4.79 Å². The van der Waals surface area contributed by atoms with Gasteiger partial charge in [0, 0.05) is 18.0 Å². The zero-order chi connectivity index (χ0) is 17.1. The van der Waals surface area contributed by atoms with E-state index in [0.717, 1.165) is 16.8 Å². The highest BCUT2D eigenvalue weighted by molar-refractivity contribution is 6.03. The average Bonchev–Trinajstić information content (AvgIpc) is 2.96. The van der Waals surface area contributed by atoms with E-state index in [1.54, 1.807) is 19.1 Å². The number of carbonyl (C=O) groups excluding carboxylic acids is 1. The summed E-state index contributed by atoms with van der Waals surface area (Å²) in [5.74, 6) is 1.13. The van der Waals surface area contributed by atoms with Crippen LogP contribution >= 0.6 is 0 Å². The van der Waals surface area contributed by atoms with Crippen LogP contribution in [0.25, 0.3) is 0 Å². The predicted octanol–water partition coefficient (Wildman–Crippen LogP) is 3.39. The number of nitrogens with zero attached hydrogens (tertiary/aromatic N) is 3. The van der Waals surface area contributed by atoms with E-state index in [1.165, 1.54) is 6.20 Å². The van der Waals surface area contributed by atoms with Crippen molar-refractivity contribution >= 4 is 23.4 Å². The largest absolute Gasteiger partial charge is 0.360 e. The Labute approximate surface area is 139 Å². The Bertz CT molecular complexity index is 888. The van der Waals surface area contributed by atoms with Crippen LogP contribution in [-0.2, 0) is 0 Å². The fraction of sp³-hybridized carbons (Fsp3) is 0.176. The lowest BCUT2D eigenvalue weighted by Gasteiger charge is -2.09. The Hall–Kier alpha value is -3.22. The molecule has 3 rings (SSSR count). The summed E-state index contributed by atoms with van der Waals surface area (Å²) in [6.07, 6.45) is 1.51. The normalized spacial score (nSPS) is 10.5. The minimum atomic E-state index is -0.300. The van der Waals surface area contributed by atoms with Crippen LogP contribution in [-0.4, -0.2) is 21.0 Å². The summed E-state index contributed by atoms with van der Waals surface area (Å²) in [6, 6.07) is 9.15. The lowest BCUT2D eigenvalue weighted by Crippen LogP contribution is -2.15. The molecule has 1 amide bonds. The maximum absolute atomic E-state index is 12.4. The van der Waals surface area contributed by atoms with Crippen molar-refractivity contribution in [2.75, 3.05) is 10.6 Å². The van der Waals surface area contributed by atoms with Gasteiger partial charge in [-0.2, -0.15) is 0 Å². The predicted molar refractivity (Wildman–Crippen MR) is 90.4 cm³/mol. The van der Waals surface area contributed by atoms with Gasteiger partial charge in [-0.3, -0.25) is 4.79 Å². The van der Waals surface area contributed by atoms with Crippen LogP contribution in [0.4, 0.5) is 17.5 Å². The van der Waals surface area contributed by atoms with E-state index in [-0.39, 0.29) is 17.5 Å². The molecule has 7 nitrogen and oxygen atoms in total. The molecule has 2 aromatic heterocycles. The number of aryl methyl sites for hydroxylation is 3. The fourth-order valence-electron chi connectivity index (χ4n) is 2.14. The van der Waals surface area contributed by atoms with E-state index < -0.39 is 0 Å². The van der Waals surface area contributed by atoms with Crippen LogP contribution in [0.15, 0.2) is 41.1 Å². The van der Waals surface area contributed by atoms with Gasteiger partial charge in [-0.15, -0.1) is 0 Å². The van der Waals surface area contributed by atoms with Gasteiger partial charge in [0.05, 0.1) is 0 Å². The van der Waals surface area contributed by atoms with Gasteiger partial charge in [0.2, 0.25) is 5.95 Å². The van der Waals surface area contributed by atoms with Crippen LogP contribution in [0, 0.1) is 20.8 Å². The van der Waals surface area contributed by atoms with Gasteiger partial charge >= 0.3 is 0 Å². The first-order valence-electron chi connectivity index (χ1n) is 7.43. The summed E-state index contributed by atoms with van der Waals surface area (Å²) >= 11 is 0. The van der Waals surface area contributed by atoms with Crippen LogP contribution in [0.2, 0.25) is 0 Å². The SMILES string of the molecule is Cc1ccc(C)c(NC(=O)c2ccnc(Nc3cc(C)on3)n2)c1. The molecule has 0 saturated carbocycles. The van der Waals surface area contributed by atoms with Crippen molar-refractivity contribution < 1.29 is 9.32 Å². The highest BCUT2D eigenvalue weighted by Gasteiger charge is 2.11. The summed E-state index contributed by atoms with van der Waals surface area (Å²) < 4.78 is 4.97. The Morgan fingerprint density at radius 1 is 1.12 bits per heavy atom. The van der Waals surface area contributed by atoms with Crippen molar-refractivity contribution in [1.29, 1.82) is 0 Å². The second-order valence-electron chi connectivity index (χ2n) is 5.49. The van der Waals surface area contributed by atoms with Gasteiger partial charge in [0.15, 0.2) is 5.82 Å². The maximum atomic E-state index is 12.4. The average molecular weight is 323 g/mol. The monoisotopic (exact) mass is 323 g/mol. The van der Waals surface area contributed by atoms with E-state index in [0.29, 0.717) is 11.6 Å². The Balaban J connectivity index is 1.77. The topological polar surface area (TPSA) is 92.9 Å². The fourth-order valence-corrected chi connectivity index (χ4v) is 2.14. The van der Waals surface area contributed by atoms with Gasteiger partial charge in [-0.1, -0.05) is 17.3 Å². The summed E-state index contributed by atoms with van der Waals surface area (Å²) in [7, 11) is 0. The minimum Gasteiger partial charge on any atom is -0.360 e. The second kappa shape index (κ2) is 6.49. The first kappa shape index (κ1) is 15.7. The van der Waals surface area contributed by atoms with E-state index in [1.807, 2.05) is 32.0 Å².